The summed E-state index contributed by atoms with van der Waals surface area (Å²) in [6.07, 6.45) is 4.89. The van der Waals surface area contributed by atoms with Gasteiger partial charge in [0.1, 0.15) is 17.5 Å². The van der Waals surface area contributed by atoms with Crippen LogP contribution in [-0.4, -0.2) is 69.5 Å². The van der Waals surface area contributed by atoms with Crippen LogP contribution in [0.25, 0.3) is 22.2 Å². The molecule has 1 saturated carbocycles. The molecule has 2 bridgehead atoms. The highest BCUT2D eigenvalue weighted by atomic mass is 19.1. The summed E-state index contributed by atoms with van der Waals surface area (Å²) in [5.41, 5.74) is 1.49. The molecule has 3 saturated heterocycles. The summed E-state index contributed by atoms with van der Waals surface area (Å²) in [5, 5.41) is 23.6. The number of nitrogens with one attached hydrogen (secondary N) is 1. The van der Waals surface area contributed by atoms with E-state index in [0.717, 1.165) is 51.6 Å². The Kier molecular flexibility index (Phi) is 4.77. The van der Waals surface area contributed by atoms with E-state index in [-0.39, 0.29) is 29.5 Å². The van der Waals surface area contributed by atoms with Gasteiger partial charge in [-0.05, 0) is 68.9 Å². The molecule has 35 heavy (non-hydrogen) atoms. The van der Waals surface area contributed by atoms with Crippen LogP contribution in [0.2, 0.25) is 0 Å². The van der Waals surface area contributed by atoms with Crippen molar-refractivity contribution in [1.82, 2.24) is 20.4 Å². The van der Waals surface area contributed by atoms with Crippen LogP contribution in [0.5, 0.6) is 5.75 Å². The third-order valence-electron chi connectivity index (χ3n) is 8.03. The number of nitrogens with zero attached hydrogens (tertiary/aromatic N) is 4. The van der Waals surface area contributed by atoms with Crippen molar-refractivity contribution in [2.24, 2.45) is 0 Å². The molecule has 4 atom stereocenters. The molecule has 2 aromatic heterocycles. The minimum absolute atomic E-state index is 0.0427. The van der Waals surface area contributed by atoms with Gasteiger partial charge in [-0.15, -0.1) is 10.2 Å². The molecule has 7 rings (SSSR count). The Balaban J connectivity index is 1.17. The number of fused-ring (bicyclic) bond motifs is 3. The normalized spacial score (nSPS) is 27.7. The van der Waals surface area contributed by atoms with E-state index in [1.54, 1.807) is 23.1 Å². The fourth-order valence-corrected chi connectivity index (χ4v) is 5.89. The van der Waals surface area contributed by atoms with Gasteiger partial charge >= 0.3 is 0 Å². The predicted molar refractivity (Wildman–Crippen MR) is 128 cm³/mol. The van der Waals surface area contributed by atoms with E-state index < -0.39 is 6.17 Å². The van der Waals surface area contributed by atoms with Crippen LogP contribution in [0.4, 0.5) is 10.2 Å². The number of alkyl halides is 1. The number of piperidine rings is 1. The Bertz CT molecular complexity index is 1290. The molecule has 9 heteroatoms. The van der Waals surface area contributed by atoms with Crippen molar-refractivity contribution in [2.45, 2.75) is 68.9 Å². The smallest absolute Gasteiger partial charge is 0.289 e. The van der Waals surface area contributed by atoms with Crippen molar-refractivity contribution in [3.8, 4) is 17.0 Å². The predicted octanol–water partition coefficient (Wildman–Crippen LogP) is 3.64. The molecule has 2 N–H and O–H groups in total. The van der Waals surface area contributed by atoms with Gasteiger partial charge in [-0.1, -0.05) is 0 Å². The first kappa shape index (κ1) is 21.1. The minimum Gasteiger partial charge on any atom is -0.507 e. The Labute approximate surface area is 202 Å². The summed E-state index contributed by atoms with van der Waals surface area (Å²) < 4.78 is 21.1. The van der Waals surface area contributed by atoms with Gasteiger partial charge in [-0.25, -0.2) is 4.39 Å². The maximum absolute atomic E-state index is 15.3. The number of phenolic OH excluding ortho intramolecular Hbond substituents is 1. The van der Waals surface area contributed by atoms with Crippen LogP contribution in [-0.2, 0) is 0 Å². The minimum atomic E-state index is -0.922. The third-order valence-corrected chi connectivity index (χ3v) is 8.03. The molecular weight excluding hydrogens is 449 g/mol. The number of anilines is 1. The molecule has 182 valence electrons. The lowest BCUT2D eigenvalue weighted by Crippen LogP contribution is -2.57. The number of hydrogen-bond acceptors (Lipinski definition) is 7. The Morgan fingerprint density at radius 1 is 1.14 bits per heavy atom. The number of hydrogen-bond donors (Lipinski definition) is 2. The summed E-state index contributed by atoms with van der Waals surface area (Å²) in [5.74, 6) is 0.872. The molecule has 4 aliphatic rings. The van der Waals surface area contributed by atoms with E-state index in [9.17, 15) is 9.90 Å². The van der Waals surface area contributed by atoms with Gasteiger partial charge < -0.3 is 24.6 Å². The zero-order valence-electron chi connectivity index (χ0n) is 19.4. The molecule has 1 aromatic carbocycles. The monoisotopic (exact) mass is 477 g/mol. The van der Waals surface area contributed by atoms with E-state index in [1.807, 2.05) is 12.1 Å². The Morgan fingerprint density at radius 2 is 2.00 bits per heavy atom. The van der Waals surface area contributed by atoms with Crippen molar-refractivity contribution < 1.29 is 18.7 Å². The van der Waals surface area contributed by atoms with Gasteiger partial charge in [0.25, 0.3) is 5.91 Å². The number of carbonyl (C=O) groups excluding carboxylic acids is 1. The average molecular weight is 478 g/mol. The molecule has 0 radical (unpaired) electrons. The van der Waals surface area contributed by atoms with Gasteiger partial charge in [0.05, 0.1) is 11.7 Å². The number of aromatic hydroxyl groups is 1. The Morgan fingerprint density at radius 3 is 2.71 bits per heavy atom. The van der Waals surface area contributed by atoms with Gasteiger partial charge in [-0.2, -0.15) is 0 Å². The molecule has 1 aliphatic carbocycles. The highest BCUT2D eigenvalue weighted by Gasteiger charge is 2.48. The standard InChI is InChI=1S/C26H28FN5O3/c27-25-19-5-2-15(28-19)12-20(25)32(16-3-4-16)24-7-6-18(29-30-24)17-13-22-14(10-21(17)33)11-23(35-22)26(34)31-8-1-9-31/h6-7,10-11,13,15-16,19-20,25,28,33H,1-5,8-9,12H2/t15?,19?,20-,25+/m0/s1. The topological polar surface area (TPSA) is 94.7 Å². The van der Waals surface area contributed by atoms with E-state index in [1.165, 1.54) is 0 Å². The largest absolute Gasteiger partial charge is 0.507 e. The summed E-state index contributed by atoms with van der Waals surface area (Å²) in [7, 11) is 0. The van der Waals surface area contributed by atoms with E-state index in [4.69, 9.17) is 4.42 Å². The highest BCUT2D eigenvalue weighted by Crippen LogP contribution is 2.40. The number of amides is 1. The molecule has 4 fully saturated rings. The maximum atomic E-state index is 15.3. The summed E-state index contributed by atoms with van der Waals surface area (Å²) in [4.78, 5) is 16.4. The summed E-state index contributed by atoms with van der Waals surface area (Å²) >= 11 is 0. The number of benzene rings is 1. The first-order chi connectivity index (χ1) is 17.0. The lowest BCUT2D eigenvalue weighted by Gasteiger charge is -2.41. The van der Waals surface area contributed by atoms with Crippen LogP contribution in [0.1, 0.15) is 49.1 Å². The Hall–Kier alpha value is -3.20. The quantitative estimate of drug-likeness (QED) is 0.579. The van der Waals surface area contributed by atoms with Crippen molar-refractivity contribution in [2.75, 3.05) is 18.0 Å². The lowest BCUT2D eigenvalue weighted by molar-refractivity contribution is 0.0621. The number of aromatic nitrogens is 2. The maximum Gasteiger partial charge on any atom is 0.289 e. The fourth-order valence-electron chi connectivity index (χ4n) is 5.89. The highest BCUT2D eigenvalue weighted by molar-refractivity contribution is 5.97. The van der Waals surface area contributed by atoms with Gasteiger partial charge in [0.15, 0.2) is 11.6 Å². The second kappa shape index (κ2) is 7.91. The number of phenols is 1. The lowest BCUT2D eigenvalue weighted by atomic mass is 9.95. The average Bonchev–Trinajstić information content (AvgIpc) is 3.43. The molecule has 0 spiro atoms. The van der Waals surface area contributed by atoms with Gasteiger partial charge in [-0.3, -0.25) is 4.79 Å². The number of likely N-dealkylation sites (tertiary alicyclic amines) is 1. The SMILES string of the molecule is O=C(c1cc2cc(O)c(-c3ccc(N(C4CC4)[C@H]4CC5CCC(N5)[C@H]4F)nn3)cc2o1)N1CCC1. The number of carbonyl (C=O) groups is 1. The zero-order valence-corrected chi connectivity index (χ0v) is 19.4. The van der Waals surface area contributed by atoms with Crippen LogP contribution >= 0.6 is 0 Å². The summed E-state index contributed by atoms with van der Waals surface area (Å²) in [6.45, 7) is 1.49. The summed E-state index contributed by atoms with van der Waals surface area (Å²) in [6, 6.07) is 9.08. The first-order valence-electron chi connectivity index (χ1n) is 12.6. The van der Waals surface area contributed by atoms with Crippen LogP contribution < -0.4 is 10.2 Å². The number of furan rings is 1. The molecule has 3 aliphatic heterocycles. The number of halogens is 1. The second-order valence-electron chi connectivity index (χ2n) is 10.4. The molecule has 8 nitrogen and oxygen atoms in total. The van der Waals surface area contributed by atoms with E-state index >= 15 is 4.39 Å². The molecule has 1 amide bonds. The molecule has 5 heterocycles. The van der Waals surface area contributed by atoms with Crippen LogP contribution in [0, 0.1) is 0 Å². The van der Waals surface area contributed by atoms with Gasteiger partial charge in [0.2, 0.25) is 0 Å². The molecular formula is C26H28FN5O3. The second-order valence-corrected chi connectivity index (χ2v) is 10.4. The third kappa shape index (κ3) is 3.55. The van der Waals surface area contributed by atoms with Crippen molar-refractivity contribution in [1.29, 1.82) is 0 Å². The van der Waals surface area contributed by atoms with Crippen LogP contribution in [0.15, 0.2) is 34.7 Å². The van der Waals surface area contributed by atoms with Crippen LogP contribution in [0.3, 0.4) is 0 Å². The van der Waals surface area contributed by atoms with E-state index in [2.05, 4.69) is 20.4 Å². The van der Waals surface area contributed by atoms with E-state index in [0.29, 0.717) is 40.1 Å². The molecule has 2 unspecified atom stereocenters. The van der Waals surface area contributed by atoms with Crippen molar-refractivity contribution >= 4 is 22.7 Å². The van der Waals surface area contributed by atoms with Crippen molar-refractivity contribution in [3.63, 3.8) is 0 Å². The fraction of sp³-hybridized carbons (Fsp3) is 0.500. The van der Waals surface area contributed by atoms with Crippen molar-refractivity contribution in [3.05, 3.63) is 36.1 Å². The zero-order chi connectivity index (χ0) is 23.7. The molecule has 3 aromatic rings. The number of rotatable bonds is 5. The van der Waals surface area contributed by atoms with Gasteiger partial charge in [0, 0.05) is 42.2 Å². The first-order valence-corrected chi connectivity index (χ1v) is 12.6.